The van der Waals surface area contributed by atoms with Crippen molar-refractivity contribution in [3.63, 3.8) is 0 Å². The quantitative estimate of drug-likeness (QED) is 0.827. The standard InChI is InChI=1S/C11H8F3NO3/c12-11(13,14)7-2-1-3-8-9(7)6(5-16)4-15(8)10(17)18/h1-4,16H,5H2,(H,17,18). The summed E-state index contributed by atoms with van der Waals surface area (Å²) in [4.78, 5) is 10.9. The normalized spacial score (nSPS) is 12.0. The van der Waals surface area contributed by atoms with Crippen molar-refractivity contribution < 1.29 is 28.2 Å². The van der Waals surface area contributed by atoms with Crippen molar-refractivity contribution in [2.24, 2.45) is 0 Å². The fourth-order valence-electron chi connectivity index (χ4n) is 1.88. The van der Waals surface area contributed by atoms with Crippen LogP contribution in [0.25, 0.3) is 10.9 Å². The molecule has 0 spiro atoms. The highest BCUT2D eigenvalue weighted by Crippen LogP contribution is 2.37. The number of carboxylic acid groups (broad SMARTS) is 1. The molecule has 18 heavy (non-hydrogen) atoms. The molecule has 0 atom stereocenters. The van der Waals surface area contributed by atoms with Crippen molar-refractivity contribution in [2.75, 3.05) is 0 Å². The minimum atomic E-state index is -4.60. The number of halogens is 3. The second kappa shape index (κ2) is 4.02. The van der Waals surface area contributed by atoms with E-state index in [1.54, 1.807) is 0 Å². The third kappa shape index (κ3) is 1.82. The van der Waals surface area contributed by atoms with E-state index in [-0.39, 0.29) is 16.5 Å². The molecular weight excluding hydrogens is 251 g/mol. The van der Waals surface area contributed by atoms with Gasteiger partial charge in [0.25, 0.3) is 0 Å². The molecule has 0 aliphatic carbocycles. The van der Waals surface area contributed by atoms with Gasteiger partial charge in [0.15, 0.2) is 0 Å². The highest BCUT2D eigenvalue weighted by atomic mass is 19.4. The molecule has 0 unspecified atom stereocenters. The van der Waals surface area contributed by atoms with E-state index in [2.05, 4.69) is 0 Å². The minimum absolute atomic E-state index is 0.0691. The Balaban J connectivity index is 2.88. The lowest BCUT2D eigenvalue weighted by molar-refractivity contribution is -0.136. The van der Waals surface area contributed by atoms with Crippen molar-refractivity contribution >= 4 is 17.0 Å². The minimum Gasteiger partial charge on any atom is -0.464 e. The Morgan fingerprint density at radius 1 is 1.33 bits per heavy atom. The summed E-state index contributed by atoms with van der Waals surface area (Å²) in [7, 11) is 0. The van der Waals surface area contributed by atoms with Crippen LogP contribution in [0.1, 0.15) is 11.1 Å². The van der Waals surface area contributed by atoms with Gasteiger partial charge in [0, 0.05) is 17.1 Å². The van der Waals surface area contributed by atoms with Crippen molar-refractivity contribution in [2.45, 2.75) is 12.8 Å². The van der Waals surface area contributed by atoms with Crippen LogP contribution in [0.15, 0.2) is 24.4 Å². The molecule has 0 fully saturated rings. The van der Waals surface area contributed by atoms with E-state index in [9.17, 15) is 18.0 Å². The van der Waals surface area contributed by atoms with E-state index in [0.717, 1.165) is 18.3 Å². The molecule has 7 heteroatoms. The molecule has 1 heterocycles. The number of hydrogen-bond donors (Lipinski definition) is 2. The molecule has 0 aliphatic heterocycles. The van der Waals surface area contributed by atoms with Crippen molar-refractivity contribution in [1.82, 2.24) is 4.57 Å². The lowest BCUT2D eigenvalue weighted by Gasteiger charge is -2.09. The van der Waals surface area contributed by atoms with Crippen LogP contribution in [-0.4, -0.2) is 20.9 Å². The monoisotopic (exact) mass is 259 g/mol. The Labute approximate surface area is 98.9 Å². The Hall–Kier alpha value is -2.02. The summed E-state index contributed by atoms with van der Waals surface area (Å²) in [5.41, 5.74) is -1.12. The second-order valence-corrected chi connectivity index (χ2v) is 3.66. The lowest BCUT2D eigenvalue weighted by atomic mass is 10.1. The molecule has 0 aliphatic rings. The SMILES string of the molecule is O=C(O)n1cc(CO)c2c(C(F)(F)F)cccc21. The molecular formula is C11H8F3NO3. The number of alkyl halides is 3. The van der Waals surface area contributed by atoms with Gasteiger partial charge >= 0.3 is 12.3 Å². The largest absolute Gasteiger partial charge is 0.464 e. The first-order valence-corrected chi connectivity index (χ1v) is 4.90. The lowest BCUT2D eigenvalue weighted by Crippen LogP contribution is -2.08. The van der Waals surface area contributed by atoms with E-state index in [1.165, 1.54) is 6.07 Å². The maximum atomic E-state index is 12.8. The van der Waals surface area contributed by atoms with Gasteiger partial charge in [0.2, 0.25) is 0 Å². The van der Waals surface area contributed by atoms with Crippen molar-refractivity contribution in [3.8, 4) is 0 Å². The maximum Gasteiger partial charge on any atom is 0.417 e. The Bertz CT molecular complexity index is 616. The van der Waals surface area contributed by atoms with Crippen LogP contribution in [0.2, 0.25) is 0 Å². The number of carbonyl (C=O) groups is 1. The molecule has 0 amide bonds. The zero-order chi connectivity index (χ0) is 13.5. The molecule has 4 nitrogen and oxygen atoms in total. The number of rotatable bonds is 1. The maximum absolute atomic E-state index is 12.8. The molecule has 1 aromatic carbocycles. The number of benzene rings is 1. The zero-order valence-electron chi connectivity index (χ0n) is 8.90. The third-order valence-corrected chi connectivity index (χ3v) is 2.59. The van der Waals surface area contributed by atoms with Gasteiger partial charge in [-0.25, -0.2) is 4.79 Å². The van der Waals surface area contributed by atoms with Gasteiger partial charge in [0.05, 0.1) is 17.7 Å². The predicted octanol–water partition coefficient (Wildman–Crippen LogP) is 2.68. The second-order valence-electron chi connectivity index (χ2n) is 3.66. The molecule has 1 aromatic heterocycles. The van der Waals surface area contributed by atoms with Crippen LogP contribution in [-0.2, 0) is 12.8 Å². The highest BCUT2D eigenvalue weighted by molar-refractivity contribution is 5.93. The average molecular weight is 259 g/mol. The number of aliphatic hydroxyl groups excluding tert-OH is 1. The number of fused-ring (bicyclic) bond motifs is 1. The van der Waals surface area contributed by atoms with E-state index >= 15 is 0 Å². The van der Waals surface area contributed by atoms with Gasteiger partial charge in [-0.1, -0.05) is 6.07 Å². The summed E-state index contributed by atoms with van der Waals surface area (Å²) in [6.07, 6.45) is -5.02. The van der Waals surface area contributed by atoms with E-state index in [4.69, 9.17) is 10.2 Å². The van der Waals surface area contributed by atoms with Gasteiger partial charge < -0.3 is 10.2 Å². The first-order valence-electron chi connectivity index (χ1n) is 4.90. The first-order chi connectivity index (χ1) is 8.36. The van der Waals surface area contributed by atoms with Crippen LogP contribution < -0.4 is 0 Å². The van der Waals surface area contributed by atoms with Crippen LogP contribution in [0, 0.1) is 0 Å². The Morgan fingerprint density at radius 2 is 2.00 bits per heavy atom. The fourth-order valence-corrected chi connectivity index (χ4v) is 1.88. The zero-order valence-corrected chi connectivity index (χ0v) is 8.90. The van der Waals surface area contributed by atoms with Gasteiger partial charge in [-0.05, 0) is 12.1 Å². The molecule has 0 saturated heterocycles. The van der Waals surface area contributed by atoms with E-state index in [1.807, 2.05) is 0 Å². The Morgan fingerprint density at radius 3 is 2.50 bits per heavy atom. The summed E-state index contributed by atoms with van der Waals surface area (Å²) < 4.78 is 39.1. The molecule has 0 bridgehead atoms. The van der Waals surface area contributed by atoms with Crippen LogP contribution in [0.4, 0.5) is 18.0 Å². The molecule has 2 N–H and O–H groups in total. The number of aromatic nitrogens is 1. The molecule has 2 rings (SSSR count). The number of nitrogens with zero attached hydrogens (tertiary/aromatic N) is 1. The summed E-state index contributed by atoms with van der Waals surface area (Å²) in [6, 6.07) is 3.25. The van der Waals surface area contributed by atoms with Gasteiger partial charge in [-0.3, -0.25) is 4.57 Å². The smallest absolute Gasteiger partial charge is 0.417 e. The molecule has 0 radical (unpaired) electrons. The van der Waals surface area contributed by atoms with Crippen LogP contribution in [0.5, 0.6) is 0 Å². The molecule has 96 valence electrons. The third-order valence-electron chi connectivity index (χ3n) is 2.59. The Kier molecular flexibility index (Phi) is 2.78. The first kappa shape index (κ1) is 12.4. The molecule has 2 aromatic rings. The number of hydrogen-bond acceptors (Lipinski definition) is 2. The van der Waals surface area contributed by atoms with Gasteiger partial charge in [-0.15, -0.1) is 0 Å². The van der Waals surface area contributed by atoms with Crippen LogP contribution in [0.3, 0.4) is 0 Å². The average Bonchev–Trinajstić information content (AvgIpc) is 2.66. The predicted molar refractivity (Wildman–Crippen MR) is 56.3 cm³/mol. The summed E-state index contributed by atoms with van der Waals surface area (Å²) in [5.74, 6) is 0. The highest BCUT2D eigenvalue weighted by Gasteiger charge is 2.34. The van der Waals surface area contributed by atoms with Crippen molar-refractivity contribution in [1.29, 1.82) is 0 Å². The van der Waals surface area contributed by atoms with E-state index < -0.39 is 24.4 Å². The number of aliphatic hydroxyl groups is 1. The fraction of sp³-hybridized carbons (Fsp3) is 0.182. The molecule has 0 saturated carbocycles. The van der Waals surface area contributed by atoms with Crippen LogP contribution >= 0.6 is 0 Å². The van der Waals surface area contributed by atoms with Gasteiger partial charge in [-0.2, -0.15) is 13.2 Å². The van der Waals surface area contributed by atoms with E-state index in [0.29, 0.717) is 4.57 Å². The summed E-state index contributed by atoms with van der Waals surface area (Å²) in [6.45, 7) is -0.663. The van der Waals surface area contributed by atoms with Crippen molar-refractivity contribution in [3.05, 3.63) is 35.5 Å². The topological polar surface area (TPSA) is 62.5 Å². The summed E-state index contributed by atoms with van der Waals surface area (Å²) in [5, 5.41) is 17.7. The summed E-state index contributed by atoms with van der Waals surface area (Å²) >= 11 is 0. The van der Waals surface area contributed by atoms with Gasteiger partial charge in [0.1, 0.15) is 0 Å².